The number of thiol groups is 1. The second kappa shape index (κ2) is 9.08. The fraction of sp³-hybridized carbons (Fsp3) is 0.692. The molecular formula is C13H14F8O5S. The number of hydrogen-bond donors (Lipinski definition) is 1. The first-order chi connectivity index (χ1) is 12.0. The molecule has 0 aromatic heterocycles. The summed E-state index contributed by atoms with van der Waals surface area (Å²) < 4.78 is 114. The summed E-state index contributed by atoms with van der Waals surface area (Å²) in [7, 11) is 0. The fourth-order valence-electron chi connectivity index (χ4n) is 1.30. The molecule has 0 aliphatic heterocycles. The van der Waals surface area contributed by atoms with Gasteiger partial charge in [0.05, 0.1) is 13.2 Å². The summed E-state index contributed by atoms with van der Waals surface area (Å²) in [6.45, 7) is 1.37. The van der Waals surface area contributed by atoms with E-state index >= 15 is 0 Å². The highest BCUT2D eigenvalue weighted by molar-refractivity contribution is 7.81. The van der Waals surface area contributed by atoms with Gasteiger partial charge in [0.15, 0.2) is 0 Å². The van der Waals surface area contributed by atoms with Gasteiger partial charge in [-0.25, -0.2) is 9.59 Å². The topological polar surface area (TPSA) is 61.8 Å². The molecule has 14 heteroatoms. The second-order valence-electron chi connectivity index (χ2n) is 4.88. The normalized spacial score (nSPS) is 15.0. The van der Waals surface area contributed by atoms with Crippen LogP contribution in [0.25, 0.3) is 0 Å². The molecule has 27 heavy (non-hydrogen) atoms. The lowest BCUT2D eigenvalue weighted by atomic mass is 10.2. The smallest absolute Gasteiger partial charge is 0.461 e. The Balaban J connectivity index is 5.88. The Bertz CT molecular complexity index is 554. The van der Waals surface area contributed by atoms with Gasteiger partial charge in [-0.1, -0.05) is 13.5 Å². The van der Waals surface area contributed by atoms with Crippen molar-refractivity contribution in [2.75, 3.05) is 13.2 Å². The maximum Gasteiger partial charge on any atom is 0.468 e. The maximum absolute atomic E-state index is 13.4. The third kappa shape index (κ3) is 7.52. The van der Waals surface area contributed by atoms with E-state index in [1.807, 2.05) is 0 Å². The first-order valence-electron chi connectivity index (χ1n) is 6.95. The minimum atomic E-state index is -5.97. The zero-order valence-corrected chi connectivity index (χ0v) is 14.4. The Morgan fingerprint density at radius 1 is 1.00 bits per heavy atom. The minimum absolute atomic E-state index is 0.0163. The van der Waals surface area contributed by atoms with Gasteiger partial charge in [0.1, 0.15) is 5.57 Å². The van der Waals surface area contributed by atoms with E-state index in [1.54, 1.807) is 0 Å². The molecule has 0 saturated heterocycles. The van der Waals surface area contributed by atoms with Crippen LogP contribution >= 0.6 is 12.6 Å². The summed E-state index contributed by atoms with van der Waals surface area (Å²) in [5.41, 5.74) is -2.39. The van der Waals surface area contributed by atoms with Crippen LogP contribution in [0.2, 0.25) is 0 Å². The van der Waals surface area contributed by atoms with Crippen LogP contribution in [0.3, 0.4) is 0 Å². The highest BCUT2D eigenvalue weighted by Crippen LogP contribution is 2.39. The van der Waals surface area contributed by atoms with Crippen molar-refractivity contribution in [1.82, 2.24) is 0 Å². The first-order valence-corrected chi connectivity index (χ1v) is 7.40. The van der Waals surface area contributed by atoms with E-state index in [0.29, 0.717) is 0 Å². The first kappa shape index (κ1) is 25.4. The molecule has 0 bridgehead atoms. The predicted molar refractivity (Wildman–Crippen MR) is 75.8 cm³/mol. The molecule has 0 rings (SSSR count). The quantitative estimate of drug-likeness (QED) is 0.197. The number of halogens is 8. The number of carbonyl (C=O) groups excluding carboxylic acids is 2. The van der Waals surface area contributed by atoms with E-state index in [1.165, 1.54) is 6.92 Å². The summed E-state index contributed by atoms with van der Waals surface area (Å²) in [4.78, 5) is 23.2. The van der Waals surface area contributed by atoms with Crippen molar-refractivity contribution in [3.8, 4) is 0 Å². The Kier molecular flexibility index (Phi) is 8.55. The molecule has 0 heterocycles. The number of ether oxygens (including phenoxy) is 3. The Morgan fingerprint density at radius 3 is 1.89 bits per heavy atom. The van der Waals surface area contributed by atoms with Crippen LogP contribution in [-0.4, -0.2) is 48.5 Å². The van der Waals surface area contributed by atoms with Gasteiger partial charge in [0, 0.05) is 6.42 Å². The molecular weight excluding hydrogens is 420 g/mol. The van der Waals surface area contributed by atoms with E-state index in [4.69, 9.17) is 0 Å². The summed E-state index contributed by atoms with van der Waals surface area (Å²) in [5.74, 6) is -9.85. The molecule has 0 N–H and O–H groups in total. The van der Waals surface area contributed by atoms with Gasteiger partial charge in [0.2, 0.25) is 0 Å². The van der Waals surface area contributed by atoms with Crippen molar-refractivity contribution >= 4 is 24.6 Å². The van der Waals surface area contributed by atoms with E-state index in [9.17, 15) is 44.7 Å². The third-order valence-electron chi connectivity index (χ3n) is 2.61. The molecule has 0 amide bonds. The van der Waals surface area contributed by atoms with Crippen molar-refractivity contribution in [3.05, 3.63) is 12.2 Å². The van der Waals surface area contributed by atoms with E-state index in [2.05, 4.69) is 33.4 Å². The lowest BCUT2D eigenvalue weighted by Gasteiger charge is -2.32. The zero-order chi connectivity index (χ0) is 21.7. The van der Waals surface area contributed by atoms with Crippen LogP contribution in [0, 0.1) is 0 Å². The molecule has 0 aromatic rings. The van der Waals surface area contributed by atoms with Crippen molar-refractivity contribution < 1.29 is 58.9 Å². The second-order valence-corrected chi connectivity index (χ2v) is 5.53. The fourth-order valence-corrected chi connectivity index (χ4v) is 1.39. The lowest BCUT2D eigenvalue weighted by Crippen LogP contribution is -2.59. The van der Waals surface area contributed by atoms with Crippen LogP contribution in [0.1, 0.15) is 19.8 Å². The average molecular weight is 434 g/mol. The highest BCUT2D eigenvalue weighted by Gasteiger charge is 2.68. The van der Waals surface area contributed by atoms with Crippen molar-refractivity contribution in [2.45, 2.75) is 43.2 Å². The molecule has 158 valence electrons. The number of rotatable bonds is 9. The number of alkyl halides is 8. The van der Waals surface area contributed by atoms with Gasteiger partial charge in [-0.3, -0.25) is 0 Å². The van der Waals surface area contributed by atoms with E-state index < -0.39 is 60.5 Å². The van der Waals surface area contributed by atoms with Crippen LogP contribution in [-0.2, 0) is 23.8 Å². The standard InChI is InChI=1S/C13H14F8O5S/c1-3-5-24-9(23)11(13(19,20)21,25-6-4-10(14,15)27)26-8(22)7(2)12(16,17)18/h27H,2-6H2,1H3. The Hall–Kier alpha value is -1.57. The van der Waals surface area contributed by atoms with Gasteiger partial charge < -0.3 is 14.2 Å². The molecule has 0 spiro atoms. The van der Waals surface area contributed by atoms with Gasteiger partial charge in [-0.05, 0) is 6.42 Å². The van der Waals surface area contributed by atoms with Crippen molar-refractivity contribution in [2.24, 2.45) is 0 Å². The van der Waals surface area contributed by atoms with Crippen LogP contribution < -0.4 is 0 Å². The van der Waals surface area contributed by atoms with Crippen molar-refractivity contribution in [3.63, 3.8) is 0 Å². The van der Waals surface area contributed by atoms with Crippen molar-refractivity contribution in [1.29, 1.82) is 0 Å². The van der Waals surface area contributed by atoms with Gasteiger partial charge in [-0.15, -0.1) is 12.6 Å². The molecule has 1 unspecified atom stereocenters. The molecule has 0 aromatic carbocycles. The molecule has 0 fully saturated rings. The largest absolute Gasteiger partial charge is 0.468 e. The van der Waals surface area contributed by atoms with Gasteiger partial charge in [0.25, 0.3) is 5.25 Å². The molecule has 5 nitrogen and oxygen atoms in total. The Labute approximate surface area is 153 Å². The summed E-state index contributed by atoms with van der Waals surface area (Å²) >= 11 is 2.72. The minimum Gasteiger partial charge on any atom is -0.461 e. The average Bonchev–Trinajstić information content (AvgIpc) is 2.47. The summed E-state index contributed by atoms with van der Waals surface area (Å²) in [6, 6.07) is 0. The van der Waals surface area contributed by atoms with Gasteiger partial charge in [-0.2, -0.15) is 35.1 Å². The van der Waals surface area contributed by atoms with Crippen LogP contribution in [0.4, 0.5) is 35.1 Å². The van der Waals surface area contributed by atoms with E-state index in [0.717, 1.165) is 0 Å². The Morgan fingerprint density at radius 2 is 1.52 bits per heavy atom. The SMILES string of the molecule is C=C(C(=O)OC(OCCC(F)(F)S)(C(=O)OCCC)C(F)(F)F)C(F)(F)F. The number of esters is 2. The van der Waals surface area contributed by atoms with E-state index in [-0.39, 0.29) is 6.42 Å². The molecule has 0 aliphatic carbocycles. The van der Waals surface area contributed by atoms with Gasteiger partial charge >= 0.3 is 30.1 Å². The van der Waals surface area contributed by atoms with Crippen LogP contribution in [0.15, 0.2) is 12.2 Å². The van der Waals surface area contributed by atoms with Crippen LogP contribution in [0.5, 0.6) is 0 Å². The molecule has 1 atom stereocenters. The summed E-state index contributed by atoms with van der Waals surface area (Å²) in [6.07, 6.45) is -13.0. The summed E-state index contributed by atoms with van der Waals surface area (Å²) in [5, 5.41) is -3.84. The predicted octanol–water partition coefficient (Wildman–Crippen LogP) is 3.79. The number of carbonyl (C=O) groups is 2. The third-order valence-corrected chi connectivity index (χ3v) is 2.84. The molecule has 0 radical (unpaired) electrons. The molecule has 0 saturated carbocycles. The lowest BCUT2D eigenvalue weighted by molar-refractivity contribution is -0.356. The highest BCUT2D eigenvalue weighted by atomic mass is 32.1. The zero-order valence-electron chi connectivity index (χ0n) is 13.5. The maximum atomic E-state index is 13.4. The molecule has 0 aliphatic rings. The number of hydrogen-bond acceptors (Lipinski definition) is 6. The monoisotopic (exact) mass is 434 g/mol.